The fraction of sp³-hybridized carbons (Fsp3) is 0.464. The van der Waals surface area contributed by atoms with Gasteiger partial charge in [0.15, 0.2) is 11.6 Å². The molecule has 3 aromatic rings. The molecule has 1 amide bonds. The van der Waals surface area contributed by atoms with Crippen LogP contribution in [0.4, 0.5) is 4.39 Å². The first kappa shape index (κ1) is 25.8. The molecule has 2 aromatic heterocycles. The van der Waals surface area contributed by atoms with Crippen molar-refractivity contribution in [2.75, 3.05) is 33.3 Å². The van der Waals surface area contributed by atoms with E-state index in [9.17, 15) is 9.18 Å². The predicted molar refractivity (Wildman–Crippen MR) is 139 cm³/mol. The second kappa shape index (κ2) is 10.8. The minimum atomic E-state index is -0.499. The number of hydrogen-bond acceptors (Lipinski definition) is 5. The molecule has 7 nitrogen and oxygen atoms in total. The molecule has 1 aliphatic rings. The van der Waals surface area contributed by atoms with Crippen molar-refractivity contribution < 1.29 is 13.9 Å². The fourth-order valence-corrected chi connectivity index (χ4v) is 4.87. The number of halogens is 1. The Labute approximate surface area is 212 Å². The Hall–Kier alpha value is -3.26. The van der Waals surface area contributed by atoms with Crippen molar-refractivity contribution in [1.29, 1.82) is 0 Å². The van der Waals surface area contributed by atoms with Gasteiger partial charge in [-0.1, -0.05) is 13.0 Å². The molecule has 0 aliphatic carbocycles. The maximum absolute atomic E-state index is 14.1. The maximum Gasteiger partial charge on any atom is 0.254 e. The van der Waals surface area contributed by atoms with E-state index in [1.54, 1.807) is 6.07 Å². The summed E-state index contributed by atoms with van der Waals surface area (Å²) >= 11 is 0. The number of carbonyl (C=O) groups excluding carboxylic acids is 1. The van der Waals surface area contributed by atoms with Gasteiger partial charge in [0.25, 0.3) is 5.91 Å². The van der Waals surface area contributed by atoms with Crippen molar-refractivity contribution in [1.82, 2.24) is 24.6 Å². The molecule has 0 spiro atoms. The van der Waals surface area contributed by atoms with Crippen molar-refractivity contribution in [3.63, 3.8) is 0 Å². The number of aromatic nitrogens is 3. The number of pyridine rings is 1. The van der Waals surface area contributed by atoms with Crippen LogP contribution in [-0.4, -0.2) is 63.8 Å². The zero-order valence-corrected chi connectivity index (χ0v) is 22.1. The lowest BCUT2D eigenvalue weighted by molar-refractivity contribution is 0.0669. The van der Waals surface area contributed by atoms with E-state index in [4.69, 9.17) is 4.74 Å². The summed E-state index contributed by atoms with van der Waals surface area (Å²) in [5.74, 6) is -0.363. The number of amides is 1. The summed E-state index contributed by atoms with van der Waals surface area (Å²) in [4.78, 5) is 22.3. The van der Waals surface area contributed by atoms with Crippen LogP contribution >= 0.6 is 0 Å². The quantitative estimate of drug-likeness (QED) is 0.437. The maximum atomic E-state index is 14.1. The molecular weight excluding hydrogens is 457 g/mol. The van der Waals surface area contributed by atoms with Gasteiger partial charge in [-0.05, 0) is 70.0 Å². The van der Waals surface area contributed by atoms with Crippen molar-refractivity contribution in [3.05, 3.63) is 64.5 Å². The van der Waals surface area contributed by atoms with Gasteiger partial charge in [0, 0.05) is 43.5 Å². The van der Waals surface area contributed by atoms with Gasteiger partial charge >= 0.3 is 0 Å². The molecule has 1 atom stereocenters. The average Bonchev–Trinajstić information content (AvgIpc) is 3.21. The number of benzene rings is 1. The largest absolute Gasteiger partial charge is 0.491 e. The first-order valence-corrected chi connectivity index (χ1v) is 12.7. The fourth-order valence-electron chi connectivity index (χ4n) is 4.87. The van der Waals surface area contributed by atoms with Gasteiger partial charge in [0.1, 0.15) is 0 Å². The third-order valence-electron chi connectivity index (χ3n) is 7.07. The van der Waals surface area contributed by atoms with Gasteiger partial charge in [-0.3, -0.25) is 14.5 Å². The SMILES string of the molecule is CCOc1cc([C@H](C)N2CCc3c(cc(CCN(C)CC)cc3-c3cn(C)nc3C)C2=O)ncc1F. The molecule has 0 bridgehead atoms. The zero-order chi connectivity index (χ0) is 26.0. The number of hydrogen-bond donors (Lipinski definition) is 0. The van der Waals surface area contributed by atoms with Crippen LogP contribution in [0.1, 0.15) is 59.7 Å². The lowest BCUT2D eigenvalue weighted by atomic mass is 9.87. The summed E-state index contributed by atoms with van der Waals surface area (Å²) in [5.41, 5.74) is 6.64. The second-order valence-electron chi connectivity index (χ2n) is 9.51. The first-order chi connectivity index (χ1) is 17.2. The van der Waals surface area contributed by atoms with Crippen molar-refractivity contribution >= 4 is 5.91 Å². The molecule has 192 valence electrons. The monoisotopic (exact) mass is 493 g/mol. The number of fused-ring (bicyclic) bond motifs is 1. The van der Waals surface area contributed by atoms with Crippen LogP contribution in [0.25, 0.3) is 11.1 Å². The van der Waals surface area contributed by atoms with Crippen LogP contribution in [0.3, 0.4) is 0 Å². The van der Waals surface area contributed by atoms with Crippen LogP contribution < -0.4 is 4.74 Å². The van der Waals surface area contributed by atoms with E-state index >= 15 is 0 Å². The molecule has 1 aromatic carbocycles. The van der Waals surface area contributed by atoms with E-state index in [1.165, 1.54) is 6.20 Å². The van der Waals surface area contributed by atoms with Gasteiger partial charge in [-0.25, -0.2) is 4.39 Å². The molecule has 0 radical (unpaired) electrons. The average molecular weight is 494 g/mol. The van der Waals surface area contributed by atoms with Crippen LogP contribution in [0.15, 0.2) is 30.6 Å². The minimum Gasteiger partial charge on any atom is -0.491 e. The molecule has 1 aliphatic heterocycles. The third-order valence-corrected chi connectivity index (χ3v) is 7.07. The minimum absolute atomic E-state index is 0.0266. The van der Waals surface area contributed by atoms with Gasteiger partial charge < -0.3 is 14.5 Å². The molecule has 8 heteroatoms. The Morgan fingerprint density at radius 2 is 1.94 bits per heavy atom. The first-order valence-electron chi connectivity index (χ1n) is 12.7. The van der Waals surface area contributed by atoms with Gasteiger partial charge in [-0.15, -0.1) is 0 Å². The van der Waals surface area contributed by atoms with Crippen LogP contribution in [-0.2, 0) is 19.9 Å². The molecule has 0 unspecified atom stereocenters. The van der Waals surface area contributed by atoms with Gasteiger partial charge in [-0.2, -0.15) is 5.10 Å². The Morgan fingerprint density at radius 3 is 2.61 bits per heavy atom. The molecule has 36 heavy (non-hydrogen) atoms. The van der Waals surface area contributed by atoms with Crippen LogP contribution in [0.2, 0.25) is 0 Å². The topological polar surface area (TPSA) is 63.5 Å². The highest BCUT2D eigenvalue weighted by Gasteiger charge is 2.32. The number of nitrogens with zero attached hydrogens (tertiary/aromatic N) is 5. The number of aryl methyl sites for hydroxylation is 2. The van der Waals surface area contributed by atoms with Gasteiger partial charge in [0.2, 0.25) is 0 Å². The zero-order valence-electron chi connectivity index (χ0n) is 22.1. The number of ether oxygens (including phenoxy) is 1. The Bertz CT molecular complexity index is 1250. The van der Waals surface area contributed by atoms with E-state index in [0.717, 1.165) is 59.4 Å². The standard InChI is InChI=1S/C28H36FN5O2/c1-7-32(5)11-9-20-13-22(24-17-33(6)31-18(24)3)21-10-12-34(28(35)23(21)14-20)19(4)26-15-27(36-8-2)25(29)16-30-26/h13-17,19H,7-12H2,1-6H3/t19-/m0/s1. The molecule has 0 N–H and O–H groups in total. The number of carbonyl (C=O) groups is 1. The smallest absolute Gasteiger partial charge is 0.254 e. The highest BCUT2D eigenvalue weighted by molar-refractivity contribution is 5.99. The van der Waals surface area contributed by atoms with Gasteiger partial charge in [0.05, 0.1) is 30.2 Å². The van der Waals surface area contributed by atoms with E-state index in [0.29, 0.717) is 18.8 Å². The Kier molecular flexibility index (Phi) is 7.73. The summed E-state index contributed by atoms with van der Waals surface area (Å²) < 4.78 is 21.3. The number of rotatable bonds is 9. The highest BCUT2D eigenvalue weighted by atomic mass is 19.1. The summed E-state index contributed by atoms with van der Waals surface area (Å²) in [6.45, 7) is 10.7. The molecule has 0 fully saturated rings. The lowest BCUT2D eigenvalue weighted by Crippen LogP contribution is -2.40. The normalized spacial score (nSPS) is 14.3. The molecule has 0 saturated carbocycles. The summed E-state index contributed by atoms with van der Waals surface area (Å²) in [7, 11) is 4.02. The van der Waals surface area contributed by atoms with Crippen molar-refractivity contribution in [3.8, 4) is 16.9 Å². The van der Waals surface area contributed by atoms with Crippen molar-refractivity contribution in [2.24, 2.45) is 7.05 Å². The molecular formula is C28H36FN5O2. The van der Waals surface area contributed by atoms with Crippen LogP contribution in [0.5, 0.6) is 5.75 Å². The summed E-state index contributed by atoms with van der Waals surface area (Å²) in [6, 6.07) is 5.57. The van der Waals surface area contributed by atoms with E-state index in [2.05, 4.69) is 41.1 Å². The third kappa shape index (κ3) is 5.14. The van der Waals surface area contributed by atoms with E-state index in [1.807, 2.05) is 43.6 Å². The van der Waals surface area contributed by atoms with E-state index in [-0.39, 0.29) is 17.7 Å². The summed E-state index contributed by atoms with van der Waals surface area (Å²) in [6.07, 6.45) is 4.78. The Morgan fingerprint density at radius 1 is 1.19 bits per heavy atom. The van der Waals surface area contributed by atoms with Crippen LogP contribution in [0, 0.1) is 12.7 Å². The molecule has 0 saturated heterocycles. The molecule has 4 rings (SSSR count). The number of likely N-dealkylation sites (N-methyl/N-ethyl adjacent to an activating group) is 1. The Balaban J connectivity index is 1.72. The van der Waals surface area contributed by atoms with E-state index < -0.39 is 5.82 Å². The second-order valence-corrected chi connectivity index (χ2v) is 9.51. The lowest BCUT2D eigenvalue weighted by Gasteiger charge is -2.34. The molecule has 3 heterocycles. The van der Waals surface area contributed by atoms with Crippen molar-refractivity contribution in [2.45, 2.75) is 46.6 Å². The predicted octanol–water partition coefficient (Wildman–Crippen LogP) is 4.58. The summed E-state index contributed by atoms with van der Waals surface area (Å²) in [5, 5.41) is 4.55. The highest BCUT2D eigenvalue weighted by Crippen LogP contribution is 2.36.